The van der Waals surface area contributed by atoms with Crippen LogP contribution in [0.25, 0.3) is 0 Å². The number of hydrogen-bond donors (Lipinski definition) is 0. The van der Waals surface area contributed by atoms with Crippen molar-refractivity contribution in [3.8, 4) is 0 Å². The summed E-state index contributed by atoms with van der Waals surface area (Å²) in [7, 11) is 0. The van der Waals surface area contributed by atoms with Crippen LogP contribution < -0.4 is 0 Å². The molecule has 0 aromatic rings. The molecule has 2 heteroatoms. The first-order chi connectivity index (χ1) is 7.15. The Bertz CT molecular complexity index is 201. The van der Waals surface area contributed by atoms with Gasteiger partial charge in [0, 0.05) is 0 Å². The lowest BCUT2D eigenvalue weighted by molar-refractivity contribution is -0.157. The Morgan fingerprint density at radius 1 is 1.40 bits per heavy atom. The molecule has 0 radical (unpaired) electrons. The highest BCUT2D eigenvalue weighted by Crippen LogP contribution is 2.27. The SMILES string of the molecule is CCC[C@@H](C)C(=O)O[C@@H]1CCCC[C@@H]1C. The third-order valence-corrected chi connectivity index (χ3v) is 3.42. The van der Waals surface area contributed by atoms with Gasteiger partial charge in [-0.2, -0.15) is 0 Å². The predicted octanol–water partition coefficient (Wildman–Crippen LogP) is 3.54. The maximum Gasteiger partial charge on any atom is 0.308 e. The molecule has 2 nitrogen and oxygen atoms in total. The lowest BCUT2D eigenvalue weighted by Gasteiger charge is -2.29. The van der Waals surface area contributed by atoms with Crippen LogP contribution >= 0.6 is 0 Å². The molecule has 0 heterocycles. The van der Waals surface area contributed by atoms with E-state index >= 15 is 0 Å². The fraction of sp³-hybridized carbons (Fsp3) is 0.923. The zero-order chi connectivity index (χ0) is 11.3. The van der Waals surface area contributed by atoms with Crippen molar-refractivity contribution in [2.75, 3.05) is 0 Å². The summed E-state index contributed by atoms with van der Waals surface area (Å²) in [5, 5.41) is 0. The van der Waals surface area contributed by atoms with Crippen molar-refractivity contribution in [3.63, 3.8) is 0 Å². The second kappa shape index (κ2) is 6.14. The molecule has 1 aliphatic rings. The Morgan fingerprint density at radius 3 is 2.67 bits per heavy atom. The summed E-state index contributed by atoms with van der Waals surface area (Å²) in [6.45, 7) is 6.27. The number of carbonyl (C=O) groups is 1. The van der Waals surface area contributed by atoms with Gasteiger partial charge >= 0.3 is 5.97 Å². The highest BCUT2D eigenvalue weighted by Gasteiger charge is 2.26. The smallest absolute Gasteiger partial charge is 0.308 e. The van der Waals surface area contributed by atoms with Crippen LogP contribution in [0.15, 0.2) is 0 Å². The first-order valence-corrected chi connectivity index (χ1v) is 6.35. The molecule has 0 spiro atoms. The van der Waals surface area contributed by atoms with Gasteiger partial charge in [-0.05, 0) is 31.6 Å². The van der Waals surface area contributed by atoms with E-state index in [1.807, 2.05) is 6.92 Å². The normalized spacial score (nSPS) is 28.5. The van der Waals surface area contributed by atoms with Crippen LogP contribution in [-0.4, -0.2) is 12.1 Å². The Kier molecular flexibility index (Phi) is 5.13. The zero-order valence-electron chi connectivity index (χ0n) is 10.3. The monoisotopic (exact) mass is 212 g/mol. The Labute approximate surface area is 93.4 Å². The van der Waals surface area contributed by atoms with Crippen molar-refractivity contribution in [1.82, 2.24) is 0 Å². The van der Waals surface area contributed by atoms with Gasteiger partial charge < -0.3 is 4.74 Å². The lowest BCUT2D eigenvalue weighted by atomic mass is 9.88. The van der Waals surface area contributed by atoms with Crippen molar-refractivity contribution in [2.45, 2.75) is 65.4 Å². The average Bonchev–Trinajstić information content (AvgIpc) is 2.21. The number of carbonyl (C=O) groups excluding carboxylic acids is 1. The quantitative estimate of drug-likeness (QED) is 0.666. The molecule has 1 fully saturated rings. The molecule has 0 amide bonds. The molecule has 0 unspecified atom stereocenters. The minimum atomic E-state index is 0.00981. The lowest BCUT2D eigenvalue weighted by Crippen LogP contribution is -2.30. The first-order valence-electron chi connectivity index (χ1n) is 6.35. The van der Waals surface area contributed by atoms with E-state index in [2.05, 4.69) is 13.8 Å². The summed E-state index contributed by atoms with van der Waals surface area (Å²) in [5.74, 6) is 0.635. The molecule has 1 saturated carbocycles. The highest BCUT2D eigenvalue weighted by molar-refractivity contribution is 5.72. The second-order valence-electron chi connectivity index (χ2n) is 4.93. The largest absolute Gasteiger partial charge is 0.462 e. The zero-order valence-corrected chi connectivity index (χ0v) is 10.3. The number of ether oxygens (including phenoxy) is 1. The summed E-state index contributed by atoms with van der Waals surface area (Å²) in [6, 6.07) is 0. The molecular weight excluding hydrogens is 188 g/mol. The van der Waals surface area contributed by atoms with Gasteiger partial charge in [-0.25, -0.2) is 0 Å². The summed E-state index contributed by atoms with van der Waals surface area (Å²) in [4.78, 5) is 11.7. The van der Waals surface area contributed by atoms with Gasteiger partial charge in [-0.15, -0.1) is 0 Å². The molecule has 0 bridgehead atoms. The van der Waals surface area contributed by atoms with Gasteiger partial charge in [-0.3, -0.25) is 4.79 Å². The Morgan fingerprint density at radius 2 is 2.07 bits per heavy atom. The van der Waals surface area contributed by atoms with Crippen LogP contribution in [-0.2, 0) is 9.53 Å². The third-order valence-electron chi connectivity index (χ3n) is 3.42. The van der Waals surface area contributed by atoms with Crippen LogP contribution in [0.1, 0.15) is 59.3 Å². The number of hydrogen-bond acceptors (Lipinski definition) is 2. The van der Waals surface area contributed by atoms with Crippen LogP contribution in [0.3, 0.4) is 0 Å². The van der Waals surface area contributed by atoms with E-state index in [1.54, 1.807) is 0 Å². The van der Waals surface area contributed by atoms with E-state index in [9.17, 15) is 4.79 Å². The van der Waals surface area contributed by atoms with Crippen molar-refractivity contribution in [1.29, 1.82) is 0 Å². The van der Waals surface area contributed by atoms with Gasteiger partial charge in [0.05, 0.1) is 5.92 Å². The summed E-state index contributed by atoms with van der Waals surface area (Å²) in [5.41, 5.74) is 0. The van der Waals surface area contributed by atoms with E-state index in [0.29, 0.717) is 5.92 Å². The molecule has 0 saturated heterocycles. The van der Waals surface area contributed by atoms with Crippen LogP contribution in [0.2, 0.25) is 0 Å². The van der Waals surface area contributed by atoms with E-state index in [-0.39, 0.29) is 18.0 Å². The standard InChI is InChI=1S/C13H24O2/c1-4-7-11(3)13(14)15-12-9-6-5-8-10(12)2/h10-12H,4-9H2,1-3H3/t10-,11+,12+/m0/s1. The van der Waals surface area contributed by atoms with Crippen molar-refractivity contribution in [2.24, 2.45) is 11.8 Å². The molecule has 88 valence electrons. The summed E-state index contributed by atoms with van der Waals surface area (Å²) >= 11 is 0. The van der Waals surface area contributed by atoms with E-state index in [4.69, 9.17) is 4.74 Å². The Hall–Kier alpha value is -0.530. The molecule has 0 N–H and O–H groups in total. The average molecular weight is 212 g/mol. The summed E-state index contributed by atoms with van der Waals surface area (Å²) < 4.78 is 5.58. The fourth-order valence-electron chi connectivity index (χ4n) is 2.27. The van der Waals surface area contributed by atoms with E-state index in [1.165, 1.54) is 19.3 Å². The van der Waals surface area contributed by atoms with Gasteiger partial charge in [0.1, 0.15) is 6.10 Å². The van der Waals surface area contributed by atoms with Crippen LogP contribution in [0, 0.1) is 11.8 Å². The molecule has 3 atom stereocenters. The van der Waals surface area contributed by atoms with Crippen molar-refractivity contribution in [3.05, 3.63) is 0 Å². The van der Waals surface area contributed by atoms with Crippen molar-refractivity contribution < 1.29 is 9.53 Å². The van der Waals surface area contributed by atoms with E-state index in [0.717, 1.165) is 19.3 Å². The Balaban J connectivity index is 2.35. The van der Waals surface area contributed by atoms with Gasteiger partial charge in [0.15, 0.2) is 0 Å². The number of esters is 1. The van der Waals surface area contributed by atoms with E-state index < -0.39 is 0 Å². The predicted molar refractivity (Wildman–Crippen MR) is 61.6 cm³/mol. The molecule has 1 rings (SSSR count). The van der Waals surface area contributed by atoms with Gasteiger partial charge in [-0.1, -0.05) is 33.6 Å². The highest BCUT2D eigenvalue weighted by atomic mass is 16.5. The second-order valence-corrected chi connectivity index (χ2v) is 4.93. The third kappa shape index (κ3) is 3.84. The molecular formula is C13H24O2. The molecule has 0 aromatic heterocycles. The minimum Gasteiger partial charge on any atom is -0.462 e. The van der Waals surface area contributed by atoms with Gasteiger partial charge in [0.25, 0.3) is 0 Å². The van der Waals surface area contributed by atoms with Crippen LogP contribution in [0.5, 0.6) is 0 Å². The fourth-order valence-corrected chi connectivity index (χ4v) is 2.27. The van der Waals surface area contributed by atoms with Crippen LogP contribution in [0.4, 0.5) is 0 Å². The molecule has 0 aliphatic heterocycles. The maximum atomic E-state index is 11.7. The molecule has 1 aliphatic carbocycles. The summed E-state index contributed by atoms with van der Waals surface area (Å²) in [6.07, 6.45) is 6.96. The van der Waals surface area contributed by atoms with Crippen molar-refractivity contribution >= 4 is 5.97 Å². The molecule has 0 aromatic carbocycles. The molecule has 15 heavy (non-hydrogen) atoms. The number of rotatable bonds is 4. The minimum absolute atomic E-state index is 0.00981. The maximum absolute atomic E-state index is 11.7. The topological polar surface area (TPSA) is 26.3 Å². The van der Waals surface area contributed by atoms with Gasteiger partial charge in [0.2, 0.25) is 0 Å². The first kappa shape index (κ1) is 12.5.